The molecule has 0 spiro atoms. The molecule has 0 saturated carbocycles. The van der Waals surface area contributed by atoms with Crippen LogP contribution in [0.5, 0.6) is 0 Å². The molecule has 168 valence electrons. The van der Waals surface area contributed by atoms with E-state index in [0.717, 1.165) is 0 Å². The molecule has 9 heteroatoms. The van der Waals surface area contributed by atoms with Gasteiger partial charge in [-0.15, -0.1) is 0 Å². The van der Waals surface area contributed by atoms with E-state index in [0.29, 0.717) is 16.8 Å². The number of fused-ring (bicyclic) bond motifs is 1. The number of hydrogen-bond donors (Lipinski definition) is 2. The molecule has 0 aliphatic carbocycles. The van der Waals surface area contributed by atoms with Gasteiger partial charge in [0.05, 0.1) is 31.4 Å². The Balaban J connectivity index is 1.31. The lowest BCUT2D eigenvalue weighted by Gasteiger charge is -2.18. The maximum Gasteiger partial charge on any atom is 0.412 e. The number of hydrogen-bond acceptors (Lipinski definition) is 7. The van der Waals surface area contributed by atoms with Gasteiger partial charge in [-0.25, -0.2) is 9.59 Å². The van der Waals surface area contributed by atoms with Crippen molar-refractivity contribution in [3.8, 4) is 0 Å². The molecule has 4 atom stereocenters. The summed E-state index contributed by atoms with van der Waals surface area (Å²) in [6, 6.07) is 14.9. The van der Waals surface area contributed by atoms with E-state index in [1.54, 1.807) is 49.4 Å². The summed E-state index contributed by atoms with van der Waals surface area (Å²) in [6.45, 7) is 2.40. The SMILES string of the molecule is CCOC(=O)c1cccc(NC(=O)OC2COC3C(NC(=O)c4ccccc4)COC23)c1. The van der Waals surface area contributed by atoms with Crippen LogP contribution in [0.2, 0.25) is 0 Å². The van der Waals surface area contributed by atoms with Gasteiger partial charge in [0.15, 0.2) is 6.10 Å². The molecule has 2 amide bonds. The minimum Gasteiger partial charge on any atom is -0.462 e. The Labute approximate surface area is 185 Å². The van der Waals surface area contributed by atoms with Gasteiger partial charge in [0.2, 0.25) is 0 Å². The normalized spacial score (nSPS) is 23.8. The highest BCUT2D eigenvalue weighted by atomic mass is 16.6. The lowest BCUT2D eigenvalue weighted by molar-refractivity contribution is 0.00861. The summed E-state index contributed by atoms with van der Waals surface area (Å²) >= 11 is 0. The van der Waals surface area contributed by atoms with Crippen LogP contribution in [-0.2, 0) is 18.9 Å². The minimum absolute atomic E-state index is 0.156. The fraction of sp³-hybridized carbons (Fsp3) is 0.348. The van der Waals surface area contributed by atoms with Crippen LogP contribution in [0.25, 0.3) is 0 Å². The van der Waals surface area contributed by atoms with Crippen LogP contribution in [0.1, 0.15) is 27.6 Å². The lowest BCUT2D eigenvalue weighted by atomic mass is 10.1. The van der Waals surface area contributed by atoms with Gasteiger partial charge in [-0.1, -0.05) is 24.3 Å². The Morgan fingerprint density at radius 1 is 0.969 bits per heavy atom. The molecule has 2 fully saturated rings. The monoisotopic (exact) mass is 440 g/mol. The third kappa shape index (κ3) is 4.90. The third-order valence-corrected chi connectivity index (χ3v) is 5.24. The average Bonchev–Trinajstić information content (AvgIpc) is 3.38. The molecule has 2 aromatic rings. The van der Waals surface area contributed by atoms with Crippen molar-refractivity contribution < 1.29 is 33.3 Å². The molecule has 0 aromatic heterocycles. The van der Waals surface area contributed by atoms with Crippen molar-refractivity contribution in [1.29, 1.82) is 0 Å². The van der Waals surface area contributed by atoms with Crippen LogP contribution in [0.4, 0.5) is 10.5 Å². The van der Waals surface area contributed by atoms with E-state index in [1.807, 2.05) is 6.07 Å². The van der Waals surface area contributed by atoms with Gasteiger partial charge < -0.3 is 24.3 Å². The van der Waals surface area contributed by atoms with Crippen LogP contribution >= 0.6 is 0 Å². The fourth-order valence-corrected chi connectivity index (χ4v) is 3.75. The molecule has 32 heavy (non-hydrogen) atoms. The molecule has 9 nitrogen and oxygen atoms in total. The van der Waals surface area contributed by atoms with Crippen LogP contribution in [-0.4, -0.2) is 62.1 Å². The van der Waals surface area contributed by atoms with Crippen LogP contribution in [0.3, 0.4) is 0 Å². The highest BCUT2D eigenvalue weighted by molar-refractivity contribution is 5.94. The van der Waals surface area contributed by atoms with Gasteiger partial charge in [-0.3, -0.25) is 10.1 Å². The number of esters is 1. The summed E-state index contributed by atoms with van der Waals surface area (Å²) in [7, 11) is 0. The lowest BCUT2D eigenvalue weighted by Crippen LogP contribution is -2.44. The van der Waals surface area contributed by atoms with Gasteiger partial charge in [0, 0.05) is 11.3 Å². The summed E-state index contributed by atoms with van der Waals surface area (Å²) in [5, 5.41) is 5.52. The van der Waals surface area contributed by atoms with E-state index in [-0.39, 0.29) is 31.8 Å². The molecule has 0 radical (unpaired) electrons. The second-order valence-corrected chi connectivity index (χ2v) is 7.41. The first-order valence-electron chi connectivity index (χ1n) is 10.4. The largest absolute Gasteiger partial charge is 0.462 e. The van der Waals surface area contributed by atoms with Gasteiger partial charge >= 0.3 is 12.1 Å². The zero-order valence-corrected chi connectivity index (χ0v) is 17.5. The van der Waals surface area contributed by atoms with Gasteiger partial charge in [0.1, 0.15) is 12.2 Å². The Bertz CT molecular complexity index is 981. The topological polar surface area (TPSA) is 112 Å². The van der Waals surface area contributed by atoms with Crippen LogP contribution < -0.4 is 10.6 Å². The molecular weight excluding hydrogens is 416 g/mol. The van der Waals surface area contributed by atoms with Crippen molar-refractivity contribution in [1.82, 2.24) is 5.32 Å². The summed E-state index contributed by atoms with van der Waals surface area (Å²) in [6.07, 6.45) is -2.20. The Kier molecular flexibility index (Phi) is 6.67. The third-order valence-electron chi connectivity index (χ3n) is 5.24. The zero-order chi connectivity index (χ0) is 22.5. The quantitative estimate of drug-likeness (QED) is 0.663. The maximum absolute atomic E-state index is 12.4. The van der Waals surface area contributed by atoms with Crippen molar-refractivity contribution in [2.45, 2.75) is 31.3 Å². The molecule has 2 saturated heterocycles. The minimum atomic E-state index is -0.694. The average molecular weight is 440 g/mol. The van der Waals surface area contributed by atoms with Crippen molar-refractivity contribution in [2.24, 2.45) is 0 Å². The molecule has 4 unspecified atom stereocenters. The van der Waals surface area contributed by atoms with Gasteiger partial charge in [-0.05, 0) is 37.3 Å². The molecule has 2 aliphatic rings. The molecule has 0 bridgehead atoms. The predicted octanol–water partition coefficient (Wildman–Crippen LogP) is 2.38. The number of rotatable bonds is 6. The summed E-state index contributed by atoms with van der Waals surface area (Å²) in [5.41, 5.74) is 1.27. The first kappa shape index (κ1) is 21.8. The Morgan fingerprint density at radius 2 is 1.72 bits per heavy atom. The summed E-state index contributed by atoms with van der Waals surface area (Å²) < 4.78 is 22.0. The van der Waals surface area contributed by atoms with E-state index < -0.39 is 30.4 Å². The number of carbonyl (C=O) groups excluding carboxylic acids is 3. The zero-order valence-electron chi connectivity index (χ0n) is 17.5. The number of ether oxygens (including phenoxy) is 4. The van der Waals surface area contributed by atoms with Crippen molar-refractivity contribution in [2.75, 3.05) is 25.1 Å². The van der Waals surface area contributed by atoms with E-state index in [4.69, 9.17) is 18.9 Å². The maximum atomic E-state index is 12.4. The highest BCUT2D eigenvalue weighted by Gasteiger charge is 2.50. The predicted molar refractivity (Wildman–Crippen MR) is 113 cm³/mol. The van der Waals surface area contributed by atoms with Gasteiger partial charge in [0.25, 0.3) is 5.91 Å². The van der Waals surface area contributed by atoms with E-state index in [2.05, 4.69) is 10.6 Å². The van der Waals surface area contributed by atoms with E-state index in [1.165, 1.54) is 6.07 Å². The first-order valence-corrected chi connectivity index (χ1v) is 10.4. The fourth-order valence-electron chi connectivity index (χ4n) is 3.75. The summed E-state index contributed by atoms with van der Waals surface area (Å²) in [5.74, 6) is -0.688. The molecule has 2 aromatic carbocycles. The number of nitrogens with one attached hydrogen (secondary N) is 2. The number of benzene rings is 2. The first-order chi connectivity index (χ1) is 15.5. The van der Waals surface area contributed by atoms with Crippen LogP contribution in [0.15, 0.2) is 54.6 Å². The smallest absolute Gasteiger partial charge is 0.412 e. The van der Waals surface area contributed by atoms with Crippen molar-refractivity contribution >= 4 is 23.7 Å². The molecular formula is C23H24N2O7. The Morgan fingerprint density at radius 3 is 2.50 bits per heavy atom. The molecule has 2 N–H and O–H groups in total. The Hall–Kier alpha value is -3.43. The highest BCUT2D eigenvalue weighted by Crippen LogP contribution is 2.29. The van der Waals surface area contributed by atoms with Gasteiger partial charge in [-0.2, -0.15) is 0 Å². The molecule has 2 aliphatic heterocycles. The number of anilines is 1. The molecule has 2 heterocycles. The van der Waals surface area contributed by atoms with Crippen molar-refractivity contribution in [3.63, 3.8) is 0 Å². The number of carbonyl (C=O) groups is 3. The summed E-state index contributed by atoms with van der Waals surface area (Å²) in [4.78, 5) is 36.7. The van der Waals surface area contributed by atoms with Crippen molar-refractivity contribution in [3.05, 3.63) is 65.7 Å². The van der Waals surface area contributed by atoms with E-state index in [9.17, 15) is 14.4 Å². The molecule has 4 rings (SSSR count). The second-order valence-electron chi connectivity index (χ2n) is 7.41. The van der Waals surface area contributed by atoms with Crippen LogP contribution in [0, 0.1) is 0 Å². The van der Waals surface area contributed by atoms with E-state index >= 15 is 0 Å². The number of amides is 2. The standard InChI is InChI=1S/C23H24N2O7/c1-2-29-22(27)15-9-6-10-16(11-15)24-23(28)32-18-13-31-19-17(12-30-20(18)19)25-21(26)14-7-4-3-5-8-14/h3-11,17-20H,2,12-13H2,1H3,(H,24,28)(H,25,26). The second kappa shape index (κ2) is 9.80.